The third kappa shape index (κ3) is 3.32. The first kappa shape index (κ1) is 14.7. The Morgan fingerprint density at radius 3 is 1.82 bits per heavy atom. The molecule has 3 rings (SSSR count). The smallest absolute Gasteiger partial charge is 0.134 e. The minimum Gasteiger partial charge on any atom is -0.506 e. The van der Waals surface area contributed by atoms with Crippen LogP contribution in [0.2, 0.25) is 5.02 Å². The molecule has 0 bridgehead atoms. The van der Waals surface area contributed by atoms with Crippen molar-refractivity contribution in [3.63, 3.8) is 0 Å². The van der Waals surface area contributed by atoms with E-state index in [0.29, 0.717) is 5.02 Å². The highest BCUT2D eigenvalue weighted by atomic mass is 35.5. The van der Waals surface area contributed by atoms with Gasteiger partial charge < -0.3 is 5.11 Å². The maximum atomic E-state index is 9.94. The summed E-state index contributed by atoms with van der Waals surface area (Å²) in [5.74, 6) is 0.143. The number of hydrogen-bond donors (Lipinski definition) is 1. The molecular formula is C20H17ClO. The van der Waals surface area contributed by atoms with Gasteiger partial charge in [-0.2, -0.15) is 0 Å². The molecule has 0 heterocycles. The van der Waals surface area contributed by atoms with E-state index in [9.17, 15) is 5.11 Å². The second-order valence-corrected chi connectivity index (χ2v) is 5.74. The normalized spacial score (nSPS) is 10.6. The molecule has 1 N–H and O–H groups in total. The zero-order valence-corrected chi connectivity index (χ0v) is 12.9. The maximum absolute atomic E-state index is 9.94. The summed E-state index contributed by atoms with van der Waals surface area (Å²) >= 11 is 6.36. The molecule has 3 aromatic rings. The van der Waals surface area contributed by atoms with Crippen LogP contribution in [-0.2, 0) is 12.8 Å². The van der Waals surface area contributed by atoms with Gasteiger partial charge in [-0.3, -0.25) is 0 Å². The highest BCUT2D eigenvalue weighted by Crippen LogP contribution is 2.32. The topological polar surface area (TPSA) is 20.2 Å². The van der Waals surface area contributed by atoms with Crippen LogP contribution in [0, 0.1) is 0 Å². The Morgan fingerprint density at radius 2 is 1.23 bits per heavy atom. The number of halogens is 1. The Hall–Kier alpha value is -2.25. The fourth-order valence-electron chi connectivity index (χ4n) is 2.62. The Kier molecular flexibility index (Phi) is 4.45. The zero-order valence-electron chi connectivity index (χ0n) is 12.2. The molecule has 0 saturated carbocycles. The summed E-state index contributed by atoms with van der Waals surface area (Å²) in [6.45, 7) is 0. The van der Waals surface area contributed by atoms with Crippen molar-refractivity contribution in [3.05, 3.63) is 100 Å². The average molecular weight is 309 g/mol. The van der Waals surface area contributed by atoms with E-state index >= 15 is 0 Å². The molecule has 0 aliphatic rings. The van der Waals surface area contributed by atoms with E-state index in [1.165, 1.54) is 11.1 Å². The number of benzene rings is 3. The first-order valence-electron chi connectivity index (χ1n) is 7.31. The van der Waals surface area contributed by atoms with E-state index in [1.54, 1.807) is 6.07 Å². The monoisotopic (exact) mass is 308 g/mol. The van der Waals surface area contributed by atoms with Crippen LogP contribution < -0.4 is 0 Å². The van der Waals surface area contributed by atoms with Gasteiger partial charge in [0, 0.05) is 0 Å². The van der Waals surface area contributed by atoms with Crippen molar-refractivity contribution in [2.75, 3.05) is 0 Å². The lowest BCUT2D eigenvalue weighted by molar-refractivity contribution is 0.474. The number of phenols is 1. The summed E-state index contributed by atoms with van der Waals surface area (Å²) in [5, 5.41) is 10.4. The Bertz CT molecular complexity index is 751. The summed E-state index contributed by atoms with van der Waals surface area (Å²) < 4.78 is 0. The van der Waals surface area contributed by atoms with Gasteiger partial charge in [0.05, 0.1) is 5.02 Å². The van der Waals surface area contributed by atoms with Crippen LogP contribution >= 0.6 is 11.6 Å². The molecular weight excluding hydrogens is 292 g/mol. The molecule has 2 heteroatoms. The number of rotatable bonds is 4. The summed E-state index contributed by atoms with van der Waals surface area (Å²) in [4.78, 5) is 0. The van der Waals surface area contributed by atoms with Crippen LogP contribution in [0.25, 0.3) is 0 Å². The van der Waals surface area contributed by atoms with Crippen molar-refractivity contribution in [1.82, 2.24) is 0 Å². The van der Waals surface area contributed by atoms with Gasteiger partial charge in [-0.05, 0) is 41.2 Å². The first-order valence-corrected chi connectivity index (χ1v) is 7.69. The molecule has 0 aromatic heterocycles. The predicted molar refractivity (Wildman–Crippen MR) is 91.6 cm³/mol. The van der Waals surface area contributed by atoms with Gasteiger partial charge in [-0.1, -0.05) is 78.3 Å². The van der Waals surface area contributed by atoms with Crippen molar-refractivity contribution in [2.24, 2.45) is 0 Å². The molecule has 3 aromatic carbocycles. The van der Waals surface area contributed by atoms with Crippen molar-refractivity contribution in [2.45, 2.75) is 12.8 Å². The number of phenolic OH excluding ortho intramolecular Hbond substituents is 1. The Morgan fingerprint density at radius 1 is 0.682 bits per heavy atom. The molecule has 1 nitrogen and oxygen atoms in total. The molecule has 110 valence electrons. The third-order valence-electron chi connectivity index (χ3n) is 3.78. The van der Waals surface area contributed by atoms with Gasteiger partial charge >= 0.3 is 0 Å². The van der Waals surface area contributed by atoms with Crippen LogP contribution in [0.3, 0.4) is 0 Å². The van der Waals surface area contributed by atoms with Crippen molar-refractivity contribution in [3.8, 4) is 5.75 Å². The standard InChI is InChI=1S/C20H17ClO/c21-20-18(14-16-9-5-2-6-10-16)17(11-12-19(20)22)13-15-7-3-1-4-8-15/h1-12,22H,13-14H2. The van der Waals surface area contributed by atoms with Gasteiger partial charge in [-0.25, -0.2) is 0 Å². The molecule has 0 saturated heterocycles. The van der Waals surface area contributed by atoms with Crippen LogP contribution in [0.1, 0.15) is 22.3 Å². The van der Waals surface area contributed by atoms with Crippen molar-refractivity contribution < 1.29 is 5.11 Å². The molecule has 0 aliphatic carbocycles. The van der Waals surface area contributed by atoms with Crippen LogP contribution in [0.5, 0.6) is 5.75 Å². The minimum atomic E-state index is 0.143. The largest absolute Gasteiger partial charge is 0.506 e. The molecule has 0 amide bonds. The van der Waals surface area contributed by atoms with Gasteiger partial charge in [0.1, 0.15) is 5.75 Å². The van der Waals surface area contributed by atoms with Gasteiger partial charge in [-0.15, -0.1) is 0 Å². The van der Waals surface area contributed by atoms with Crippen LogP contribution in [0.15, 0.2) is 72.8 Å². The molecule has 0 spiro atoms. The van der Waals surface area contributed by atoms with Crippen LogP contribution in [-0.4, -0.2) is 5.11 Å². The van der Waals surface area contributed by atoms with E-state index in [0.717, 1.165) is 24.0 Å². The molecule has 22 heavy (non-hydrogen) atoms. The number of aromatic hydroxyl groups is 1. The maximum Gasteiger partial charge on any atom is 0.134 e. The lowest BCUT2D eigenvalue weighted by Crippen LogP contribution is -1.98. The minimum absolute atomic E-state index is 0.143. The number of hydrogen-bond acceptors (Lipinski definition) is 1. The van der Waals surface area contributed by atoms with E-state index in [1.807, 2.05) is 42.5 Å². The predicted octanol–water partition coefficient (Wildman–Crippen LogP) is 5.23. The summed E-state index contributed by atoms with van der Waals surface area (Å²) in [5.41, 5.74) is 4.57. The second-order valence-electron chi connectivity index (χ2n) is 5.36. The average Bonchev–Trinajstić information content (AvgIpc) is 2.56. The second kappa shape index (κ2) is 6.67. The van der Waals surface area contributed by atoms with E-state index < -0.39 is 0 Å². The first-order chi connectivity index (χ1) is 10.7. The van der Waals surface area contributed by atoms with Crippen molar-refractivity contribution in [1.29, 1.82) is 0 Å². The Balaban J connectivity index is 1.97. The fourth-order valence-corrected chi connectivity index (χ4v) is 2.87. The van der Waals surface area contributed by atoms with Gasteiger partial charge in [0.25, 0.3) is 0 Å². The highest BCUT2D eigenvalue weighted by molar-refractivity contribution is 6.32. The lowest BCUT2D eigenvalue weighted by Gasteiger charge is -2.13. The van der Waals surface area contributed by atoms with Crippen LogP contribution in [0.4, 0.5) is 0 Å². The summed E-state index contributed by atoms with van der Waals surface area (Å²) in [6, 6.07) is 24.1. The lowest BCUT2D eigenvalue weighted by atomic mass is 9.95. The molecule has 0 atom stereocenters. The van der Waals surface area contributed by atoms with Gasteiger partial charge in [0.2, 0.25) is 0 Å². The highest BCUT2D eigenvalue weighted by Gasteiger charge is 2.12. The van der Waals surface area contributed by atoms with E-state index in [2.05, 4.69) is 24.3 Å². The Labute approximate surface area is 135 Å². The molecule has 0 radical (unpaired) electrons. The van der Waals surface area contributed by atoms with Gasteiger partial charge in [0.15, 0.2) is 0 Å². The fraction of sp³-hybridized carbons (Fsp3) is 0.100. The third-order valence-corrected chi connectivity index (χ3v) is 4.20. The SMILES string of the molecule is Oc1ccc(Cc2ccccc2)c(Cc2ccccc2)c1Cl. The molecule has 0 aliphatic heterocycles. The molecule has 0 fully saturated rings. The van der Waals surface area contributed by atoms with E-state index in [4.69, 9.17) is 11.6 Å². The summed E-state index contributed by atoms with van der Waals surface area (Å²) in [7, 11) is 0. The summed E-state index contributed by atoms with van der Waals surface area (Å²) in [6.07, 6.45) is 1.53. The quantitative estimate of drug-likeness (QED) is 0.700. The molecule has 0 unspecified atom stereocenters. The van der Waals surface area contributed by atoms with Crippen molar-refractivity contribution >= 4 is 11.6 Å². The van der Waals surface area contributed by atoms with E-state index in [-0.39, 0.29) is 5.75 Å². The zero-order chi connectivity index (χ0) is 15.4.